The summed E-state index contributed by atoms with van der Waals surface area (Å²) in [5, 5.41) is 21.3. The second kappa shape index (κ2) is 10.0. The summed E-state index contributed by atoms with van der Waals surface area (Å²) in [7, 11) is 0. The molecule has 0 saturated carbocycles. The maximum atomic E-state index is 14.1. The molecule has 0 radical (unpaired) electrons. The smallest absolute Gasteiger partial charge is 0.249 e. The third kappa shape index (κ3) is 4.97. The van der Waals surface area contributed by atoms with E-state index in [2.05, 4.69) is 15.6 Å². The zero-order chi connectivity index (χ0) is 26.9. The number of phenolic OH excluding ortho intramolecular Hbond substituents is 1. The molecule has 1 aromatic heterocycles. The lowest BCUT2D eigenvalue weighted by molar-refractivity contribution is -0.128. The molecule has 2 heterocycles. The van der Waals surface area contributed by atoms with Crippen molar-refractivity contribution in [3.8, 4) is 17.2 Å². The standard InChI is InChI=1S/C28H29N5O5/c1-4-28(2,3)29-27(36)26(18-9-12-20(34)13-10-18)33(19-11-14-23-24(15-19)38-17-37-23)25(35)16-32-22-8-6-5-7-21(22)30-31-32/h5-15,26,34H,4,16-17H2,1-3H3,(H,29,36)/t26-/m0/s1. The van der Waals surface area contributed by atoms with Gasteiger partial charge in [0.25, 0.3) is 0 Å². The fourth-order valence-electron chi connectivity index (χ4n) is 4.28. The molecule has 1 aliphatic heterocycles. The van der Waals surface area contributed by atoms with E-state index in [4.69, 9.17) is 9.47 Å². The van der Waals surface area contributed by atoms with Crippen LogP contribution in [0.5, 0.6) is 17.2 Å². The molecule has 196 valence electrons. The van der Waals surface area contributed by atoms with Gasteiger partial charge in [-0.05, 0) is 62.2 Å². The Morgan fingerprint density at radius 1 is 1.08 bits per heavy atom. The fourth-order valence-corrected chi connectivity index (χ4v) is 4.28. The van der Waals surface area contributed by atoms with Gasteiger partial charge in [-0.1, -0.05) is 36.4 Å². The summed E-state index contributed by atoms with van der Waals surface area (Å²) in [6.07, 6.45) is 0.684. The predicted molar refractivity (Wildman–Crippen MR) is 141 cm³/mol. The normalized spacial score (nSPS) is 13.3. The molecule has 2 N–H and O–H groups in total. The van der Waals surface area contributed by atoms with E-state index in [1.165, 1.54) is 21.7 Å². The second-order valence-corrected chi connectivity index (χ2v) is 9.76. The lowest BCUT2D eigenvalue weighted by Gasteiger charge is -2.34. The lowest BCUT2D eigenvalue weighted by Crippen LogP contribution is -2.51. The van der Waals surface area contributed by atoms with E-state index in [9.17, 15) is 14.7 Å². The van der Waals surface area contributed by atoms with Crippen LogP contribution in [-0.2, 0) is 16.1 Å². The summed E-state index contributed by atoms with van der Waals surface area (Å²) >= 11 is 0. The number of amides is 2. The number of ether oxygens (including phenoxy) is 2. The molecule has 10 nitrogen and oxygen atoms in total. The van der Waals surface area contributed by atoms with E-state index < -0.39 is 11.6 Å². The molecule has 38 heavy (non-hydrogen) atoms. The van der Waals surface area contributed by atoms with Gasteiger partial charge in [0.05, 0.1) is 5.52 Å². The molecule has 1 aliphatic rings. The van der Waals surface area contributed by atoms with Crippen LogP contribution in [0, 0.1) is 0 Å². The van der Waals surface area contributed by atoms with Crippen LogP contribution in [0.15, 0.2) is 66.7 Å². The van der Waals surface area contributed by atoms with E-state index in [-0.39, 0.29) is 30.9 Å². The molecule has 10 heteroatoms. The number of nitrogens with zero attached hydrogens (tertiary/aromatic N) is 4. The number of aromatic nitrogens is 3. The molecule has 3 aromatic carbocycles. The Kier molecular flexibility index (Phi) is 6.62. The minimum atomic E-state index is -1.05. The summed E-state index contributed by atoms with van der Waals surface area (Å²) in [5.74, 6) is 0.335. The molecule has 2 amide bonds. The SMILES string of the molecule is CCC(C)(C)NC(=O)[C@H](c1ccc(O)cc1)N(C(=O)Cn1nnc2ccccc21)c1ccc2c(c1)OCO2. The van der Waals surface area contributed by atoms with Gasteiger partial charge in [-0.25, -0.2) is 4.68 Å². The highest BCUT2D eigenvalue weighted by Gasteiger charge is 2.36. The van der Waals surface area contributed by atoms with Crippen LogP contribution in [0.4, 0.5) is 5.69 Å². The van der Waals surface area contributed by atoms with Gasteiger partial charge in [-0.2, -0.15) is 0 Å². The van der Waals surface area contributed by atoms with Crippen molar-refractivity contribution >= 4 is 28.5 Å². The van der Waals surface area contributed by atoms with Crippen molar-refractivity contribution < 1.29 is 24.2 Å². The molecule has 0 unspecified atom stereocenters. The predicted octanol–water partition coefficient (Wildman–Crippen LogP) is 3.94. The Morgan fingerprint density at radius 3 is 2.58 bits per heavy atom. The zero-order valence-electron chi connectivity index (χ0n) is 21.4. The maximum absolute atomic E-state index is 14.1. The number of rotatable bonds is 8. The van der Waals surface area contributed by atoms with Crippen LogP contribution in [0.2, 0.25) is 0 Å². The number of para-hydroxylation sites is 1. The number of aromatic hydroxyl groups is 1. The average molecular weight is 516 g/mol. The first kappa shape index (κ1) is 25.1. The molecule has 4 aromatic rings. The number of fused-ring (bicyclic) bond motifs is 2. The van der Waals surface area contributed by atoms with Crippen molar-refractivity contribution in [2.24, 2.45) is 0 Å². The van der Waals surface area contributed by atoms with Gasteiger partial charge in [0.1, 0.15) is 23.9 Å². The van der Waals surface area contributed by atoms with Gasteiger partial charge in [0, 0.05) is 17.3 Å². The molecular weight excluding hydrogens is 486 g/mol. The molecule has 0 aliphatic carbocycles. The van der Waals surface area contributed by atoms with Crippen LogP contribution >= 0.6 is 0 Å². The highest BCUT2D eigenvalue weighted by Crippen LogP contribution is 2.38. The first-order valence-corrected chi connectivity index (χ1v) is 12.4. The number of phenols is 1. The number of nitrogens with one attached hydrogen (secondary N) is 1. The zero-order valence-corrected chi connectivity index (χ0v) is 21.4. The fraction of sp³-hybridized carbons (Fsp3) is 0.286. The van der Waals surface area contributed by atoms with E-state index in [0.717, 1.165) is 0 Å². The van der Waals surface area contributed by atoms with Crippen molar-refractivity contribution in [2.75, 3.05) is 11.7 Å². The van der Waals surface area contributed by atoms with Gasteiger partial charge in [0.2, 0.25) is 18.6 Å². The van der Waals surface area contributed by atoms with Crippen molar-refractivity contribution in [3.63, 3.8) is 0 Å². The van der Waals surface area contributed by atoms with Crippen LogP contribution in [-0.4, -0.2) is 44.2 Å². The Balaban J connectivity index is 1.61. The first-order valence-electron chi connectivity index (χ1n) is 12.4. The van der Waals surface area contributed by atoms with Crippen LogP contribution in [0.25, 0.3) is 11.0 Å². The number of carbonyl (C=O) groups excluding carboxylic acids is 2. The number of hydrogen-bond acceptors (Lipinski definition) is 7. The molecule has 0 spiro atoms. The monoisotopic (exact) mass is 515 g/mol. The topological polar surface area (TPSA) is 119 Å². The van der Waals surface area contributed by atoms with E-state index in [1.807, 2.05) is 45.0 Å². The van der Waals surface area contributed by atoms with Crippen molar-refractivity contribution in [2.45, 2.75) is 45.3 Å². The minimum absolute atomic E-state index is 0.0526. The molecule has 5 rings (SSSR count). The summed E-state index contributed by atoms with van der Waals surface area (Å²) in [6.45, 7) is 5.74. The van der Waals surface area contributed by atoms with E-state index in [1.54, 1.807) is 30.3 Å². The van der Waals surface area contributed by atoms with Crippen LogP contribution < -0.4 is 19.7 Å². The number of anilines is 1. The first-order chi connectivity index (χ1) is 18.3. The van der Waals surface area contributed by atoms with Crippen LogP contribution in [0.3, 0.4) is 0 Å². The van der Waals surface area contributed by atoms with Gasteiger partial charge in [0.15, 0.2) is 11.5 Å². The minimum Gasteiger partial charge on any atom is -0.508 e. The summed E-state index contributed by atoms with van der Waals surface area (Å²) in [6, 6.07) is 17.7. The summed E-state index contributed by atoms with van der Waals surface area (Å²) in [4.78, 5) is 29.5. The highest BCUT2D eigenvalue weighted by molar-refractivity contribution is 6.02. The molecule has 1 atom stereocenters. The lowest BCUT2D eigenvalue weighted by atomic mass is 9.98. The van der Waals surface area contributed by atoms with Gasteiger partial charge in [-0.15, -0.1) is 5.10 Å². The highest BCUT2D eigenvalue weighted by atomic mass is 16.7. The quantitative estimate of drug-likeness (QED) is 0.365. The van der Waals surface area contributed by atoms with Crippen molar-refractivity contribution in [3.05, 3.63) is 72.3 Å². The van der Waals surface area contributed by atoms with Gasteiger partial charge >= 0.3 is 0 Å². The van der Waals surface area contributed by atoms with Crippen molar-refractivity contribution in [1.82, 2.24) is 20.3 Å². The molecule has 0 bridgehead atoms. The Morgan fingerprint density at radius 2 is 1.82 bits per heavy atom. The van der Waals surface area contributed by atoms with Gasteiger partial charge < -0.3 is 19.9 Å². The Hall–Kier alpha value is -4.60. The van der Waals surface area contributed by atoms with E-state index >= 15 is 0 Å². The third-order valence-corrected chi connectivity index (χ3v) is 6.67. The number of carbonyl (C=O) groups is 2. The largest absolute Gasteiger partial charge is 0.508 e. The number of benzene rings is 3. The second-order valence-electron chi connectivity index (χ2n) is 9.76. The van der Waals surface area contributed by atoms with Crippen molar-refractivity contribution in [1.29, 1.82) is 0 Å². The third-order valence-electron chi connectivity index (χ3n) is 6.67. The molecule has 0 fully saturated rings. The van der Waals surface area contributed by atoms with Crippen LogP contribution in [0.1, 0.15) is 38.8 Å². The molecule has 0 saturated heterocycles. The molecular formula is C28H29N5O5. The maximum Gasteiger partial charge on any atom is 0.249 e. The Labute approximate surface area is 219 Å². The summed E-state index contributed by atoms with van der Waals surface area (Å²) < 4.78 is 12.5. The Bertz CT molecular complexity index is 1480. The van der Waals surface area contributed by atoms with Gasteiger partial charge in [-0.3, -0.25) is 14.5 Å². The van der Waals surface area contributed by atoms with E-state index in [0.29, 0.717) is 40.2 Å². The number of hydrogen-bond donors (Lipinski definition) is 2. The summed E-state index contributed by atoms with van der Waals surface area (Å²) in [5.41, 5.74) is 1.82. The average Bonchev–Trinajstić information content (AvgIpc) is 3.54.